The zero-order chi connectivity index (χ0) is 12.8. The third-order valence-corrected chi connectivity index (χ3v) is 3.34. The molecule has 0 radical (unpaired) electrons. The van der Waals surface area contributed by atoms with Crippen molar-refractivity contribution >= 4 is 23.2 Å². The van der Waals surface area contributed by atoms with Gasteiger partial charge in [-0.15, -0.1) is 11.3 Å². The van der Waals surface area contributed by atoms with Gasteiger partial charge in [-0.25, -0.2) is 0 Å². The van der Waals surface area contributed by atoms with Gasteiger partial charge in [0.05, 0.1) is 12.6 Å². The molecule has 1 amide bonds. The number of hydrogen-bond acceptors (Lipinski definition) is 4. The molecule has 0 aliphatic carbocycles. The molecule has 17 heavy (non-hydrogen) atoms. The third-order valence-electron chi connectivity index (χ3n) is 2.29. The molecule has 0 bridgehead atoms. The summed E-state index contributed by atoms with van der Waals surface area (Å²) in [5, 5.41) is 16.0. The van der Waals surface area contributed by atoms with Crippen LogP contribution in [0.5, 0.6) is 0 Å². The number of carbonyl (C=O) groups is 2. The maximum Gasteiger partial charge on any atom is 0.320 e. The maximum absolute atomic E-state index is 11.5. The predicted octanol–water partition coefficient (Wildman–Crippen LogP) is 0.988. The standard InChI is InChI=1S/C11H16N2O3S/c1-7(9-4-3-5-17-9)13-10(14)6-12-8(2)11(15)16/h3-5,7-8,12H,6H2,1-2H3,(H,13,14)(H,15,16). The van der Waals surface area contributed by atoms with Gasteiger partial charge in [-0.3, -0.25) is 14.9 Å². The lowest BCUT2D eigenvalue weighted by atomic mass is 10.2. The van der Waals surface area contributed by atoms with Crippen molar-refractivity contribution in [3.8, 4) is 0 Å². The van der Waals surface area contributed by atoms with Gasteiger partial charge in [-0.1, -0.05) is 6.07 Å². The highest BCUT2D eigenvalue weighted by atomic mass is 32.1. The van der Waals surface area contributed by atoms with Crippen LogP contribution in [0.4, 0.5) is 0 Å². The van der Waals surface area contributed by atoms with Crippen LogP contribution in [0, 0.1) is 0 Å². The van der Waals surface area contributed by atoms with E-state index >= 15 is 0 Å². The van der Waals surface area contributed by atoms with Gasteiger partial charge in [-0.05, 0) is 25.3 Å². The molecule has 0 saturated carbocycles. The molecular weight excluding hydrogens is 240 g/mol. The van der Waals surface area contributed by atoms with Crippen molar-refractivity contribution in [2.75, 3.05) is 6.54 Å². The van der Waals surface area contributed by atoms with E-state index in [1.54, 1.807) is 11.3 Å². The monoisotopic (exact) mass is 256 g/mol. The summed E-state index contributed by atoms with van der Waals surface area (Å²) in [5.74, 6) is -1.18. The molecule has 6 heteroatoms. The van der Waals surface area contributed by atoms with Crippen LogP contribution in [0.2, 0.25) is 0 Å². The first-order chi connectivity index (χ1) is 8.00. The summed E-state index contributed by atoms with van der Waals surface area (Å²) >= 11 is 1.57. The lowest BCUT2D eigenvalue weighted by Crippen LogP contribution is -2.41. The van der Waals surface area contributed by atoms with E-state index in [2.05, 4.69) is 10.6 Å². The first-order valence-corrected chi connectivity index (χ1v) is 6.17. The number of amides is 1. The van der Waals surface area contributed by atoms with Gasteiger partial charge < -0.3 is 10.4 Å². The van der Waals surface area contributed by atoms with E-state index in [9.17, 15) is 9.59 Å². The van der Waals surface area contributed by atoms with Crippen LogP contribution in [0.1, 0.15) is 24.8 Å². The molecule has 0 aliphatic rings. The van der Waals surface area contributed by atoms with Gasteiger partial charge in [0.15, 0.2) is 0 Å². The summed E-state index contributed by atoms with van der Waals surface area (Å²) in [5.41, 5.74) is 0. The van der Waals surface area contributed by atoms with Crippen LogP contribution >= 0.6 is 11.3 Å². The van der Waals surface area contributed by atoms with Crippen LogP contribution in [0.15, 0.2) is 17.5 Å². The van der Waals surface area contributed by atoms with E-state index in [1.165, 1.54) is 6.92 Å². The molecule has 94 valence electrons. The largest absolute Gasteiger partial charge is 0.480 e. The van der Waals surface area contributed by atoms with Crippen molar-refractivity contribution < 1.29 is 14.7 Å². The minimum Gasteiger partial charge on any atom is -0.480 e. The molecular formula is C11H16N2O3S. The zero-order valence-corrected chi connectivity index (χ0v) is 10.6. The summed E-state index contributed by atoms with van der Waals surface area (Å²) in [7, 11) is 0. The Morgan fingerprint density at radius 2 is 2.18 bits per heavy atom. The van der Waals surface area contributed by atoms with E-state index < -0.39 is 12.0 Å². The van der Waals surface area contributed by atoms with Crippen molar-refractivity contribution in [1.82, 2.24) is 10.6 Å². The fraction of sp³-hybridized carbons (Fsp3) is 0.455. The number of carboxylic acids is 1. The fourth-order valence-corrected chi connectivity index (χ4v) is 1.97. The molecule has 1 aromatic rings. The number of aliphatic carboxylic acids is 1. The normalized spacial score (nSPS) is 14.0. The number of thiophene rings is 1. The second kappa shape index (κ2) is 6.36. The molecule has 0 fully saturated rings. The van der Waals surface area contributed by atoms with E-state index in [1.807, 2.05) is 24.4 Å². The highest BCUT2D eigenvalue weighted by Gasteiger charge is 2.13. The number of rotatable bonds is 6. The molecule has 0 spiro atoms. The predicted molar refractivity (Wildman–Crippen MR) is 66.0 cm³/mol. The van der Waals surface area contributed by atoms with E-state index in [4.69, 9.17) is 5.11 Å². The lowest BCUT2D eigenvalue weighted by Gasteiger charge is -2.13. The highest BCUT2D eigenvalue weighted by Crippen LogP contribution is 2.17. The number of hydrogen-bond donors (Lipinski definition) is 3. The second-order valence-electron chi connectivity index (χ2n) is 3.75. The summed E-state index contributed by atoms with van der Waals surface area (Å²) < 4.78 is 0. The molecule has 3 N–H and O–H groups in total. The van der Waals surface area contributed by atoms with E-state index in [0.717, 1.165) is 4.88 Å². The van der Waals surface area contributed by atoms with E-state index in [-0.39, 0.29) is 18.5 Å². The third kappa shape index (κ3) is 4.54. The Labute approximate surface area is 104 Å². The average molecular weight is 256 g/mol. The molecule has 2 atom stereocenters. The summed E-state index contributed by atoms with van der Waals surface area (Å²) in [6, 6.07) is 3.10. The van der Waals surface area contributed by atoms with Gasteiger partial charge in [0, 0.05) is 4.88 Å². The summed E-state index contributed by atoms with van der Waals surface area (Å²) in [6.45, 7) is 3.39. The van der Waals surface area contributed by atoms with Crippen molar-refractivity contribution in [3.63, 3.8) is 0 Å². The van der Waals surface area contributed by atoms with Gasteiger partial charge in [0.1, 0.15) is 6.04 Å². The van der Waals surface area contributed by atoms with Crippen molar-refractivity contribution in [3.05, 3.63) is 22.4 Å². The minimum atomic E-state index is -0.968. The molecule has 1 heterocycles. The number of nitrogens with one attached hydrogen (secondary N) is 2. The van der Waals surface area contributed by atoms with Crippen LogP contribution in [0.3, 0.4) is 0 Å². The Morgan fingerprint density at radius 1 is 1.47 bits per heavy atom. The highest BCUT2D eigenvalue weighted by molar-refractivity contribution is 7.10. The molecule has 0 saturated heterocycles. The van der Waals surface area contributed by atoms with Crippen molar-refractivity contribution in [2.24, 2.45) is 0 Å². The Bertz CT molecular complexity index is 378. The Hall–Kier alpha value is -1.40. The zero-order valence-electron chi connectivity index (χ0n) is 9.77. The Morgan fingerprint density at radius 3 is 2.71 bits per heavy atom. The van der Waals surface area contributed by atoms with Crippen LogP contribution in [0.25, 0.3) is 0 Å². The topological polar surface area (TPSA) is 78.4 Å². The molecule has 0 aromatic carbocycles. The Kier molecular flexibility index (Phi) is 5.11. The smallest absolute Gasteiger partial charge is 0.320 e. The summed E-state index contributed by atoms with van der Waals surface area (Å²) in [4.78, 5) is 23.1. The molecule has 1 aromatic heterocycles. The van der Waals surface area contributed by atoms with Gasteiger partial charge >= 0.3 is 5.97 Å². The number of carbonyl (C=O) groups excluding carboxylic acids is 1. The SMILES string of the molecule is CC(NCC(=O)NC(C)c1cccs1)C(=O)O. The van der Waals surface area contributed by atoms with E-state index in [0.29, 0.717) is 0 Å². The maximum atomic E-state index is 11.5. The molecule has 1 rings (SSSR count). The van der Waals surface area contributed by atoms with Gasteiger partial charge in [0.2, 0.25) is 5.91 Å². The molecule has 5 nitrogen and oxygen atoms in total. The number of carboxylic acid groups (broad SMARTS) is 1. The quantitative estimate of drug-likeness (QED) is 0.709. The Balaban J connectivity index is 2.32. The van der Waals surface area contributed by atoms with Crippen LogP contribution < -0.4 is 10.6 Å². The fourth-order valence-electron chi connectivity index (χ4n) is 1.23. The molecule has 2 unspecified atom stereocenters. The molecule has 0 aliphatic heterocycles. The minimum absolute atomic E-state index is 0.00316. The van der Waals surface area contributed by atoms with Crippen molar-refractivity contribution in [2.45, 2.75) is 25.9 Å². The van der Waals surface area contributed by atoms with Gasteiger partial charge in [0.25, 0.3) is 0 Å². The average Bonchev–Trinajstić information content (AvgIpc) is 2.78. The summed E-state index contributed by atoms with van der Waals surface area (Å²) in [6.07, 6.45) is 0. The van der Waals surface area contributed by atoms with Crippen molar-refractivity contribution in [1.29, 1.82) is 0 Å². The van der Waals surface area contributed by atoms with Crippen LogP contribution in [-0.2, 0) is 9.59 Å². The lowest BCUT2D eigenvalue weighted by molar-refractivity contribution is -0.139. The first kappa shape index (κ1) is 13.7. The first-order valence-electron chi connectivity index (χ1n) is 5.29. The second-order valence-corrected chi connectivity index (χ2v) is 4.72. The van der Waals surface area contributed by atoms with Gasteiger partial charge in [-0.2, -0.15) is 0 Å². The van der Waals surface area contributed by atoms with Crippen LogP contribution in [-0.4, -0.2) is 29.6 Å².